The quantitative estimate of drug-likeness (QED) is 0.0856. The van der Waals surface area contributed by atoms with Crippen LogP contribution in [0, 0.1) is 11.3 Å². The summed E-state index contributed by atoms with van der Waals surface area (Å²) in [6, 6.07) is -0.688. The normalized spacial score (nSPS) is 13.2. The van der Waals surface area contributed by atoms with Gasteiger partial charge >= 0.3 is 0 Å². The maximum atomic E-state index is 12.9. The largest absolute Gasteiger partial charge is 0.357 e. The molecule has 0 radical (unpaired) electrons. The fraction of sp³-hybridized carbons (Fsp3) is 0.889. The average Bonchev–Trinajstić information content (AvgIpc) is 2.80. The van der Waals surface area contributed by atoms with E-state index in [4.69, 9.17) is 0 Å². The maximum Gasteiger partial charge on any atom is 0.242 e. The van der Waals surface area contributed by atoms with Gasteiger partial charge in [-0.1, -0.05) is 118 Å². The number of carbonyl (C=O) groups excluding carboxylic acids is 3. The summed E-state index contributed by atoms with van der Waals surface area (Å²) in [5.41, 5.74) is -0.459. The first-order chi connectivity index (χ1) is 16.2. The van der Waals surface area contributed by atoms with Crippen LogP contribution in [0.2, 0.25) is 0 Å². The van der Waals surface area contributed by atoms with E-state index >= 15 is 0 Å². The molecule has 0 bridgehead atoms. The van der Waals surface area contributed by atoms with Crippen molar-refractivity contribution in [2.24, 2.45) is 11.3 Å². The molecule has 0 aliphatic rings. The van der Waals surface area contributed by atoms with Gasteiger partial charge < -0.3 is 10.6 Å². The number of nitrogens with zero attached hydrogens (tertiary/aromatic N) is 1. The molecule has 0 aliphatic carbocycles. The Kier molecular flexibility index (Phi) is 18.7. The van der Waals surface area contributed by atoms with E-state index in [1.807, 2.05) is 20.8 Å². The molecule has 200 valence electrons. The highest BCUT2D eigenvalue weighted by Crippen LogP contribution is 2.21. The Labute approximate surface area is 208 Å². The number of carbonyl (C=O) groups is 3. The fourth-order valence-electron chi connectivity index (χ4n) is 4.24. The molecular weight excluding hydrogens is 430 g/mol. The molecule has 0 aromatic carbocycles. The van der Waals surface area contributed by atoms with Crippen LogP contribution in [0.5, 0.6) is 0 Å². The Hall–Kier alpha value is -1.63. The maximum absolute atomic E-state index is 12.9. The zero-order valence-electron chi connectivity index (χ0n) is 22.7. The monoisotopic (exact) mass is 483 g/mol. The summed E-state index contributed by atoms with van der Waals surface area (Å²) in [5, 5.41) is 15.6. The summed E-state index contributed by atoms with van der Waals surface area (Å²) in [6.45, 7) is 7.85. The van der Waals surface area contributed by atoms with E-state index in [1.165, 1.54) is 70.6 Å². The van der Waals surface area contributed by atoms with E-state index in [0.29, 0.717) is 17.9 Å². The summed E-state index contributed by atoms with van der Waals surface area (Å²) in [6.07, 6.45) is 18.5. The van der Waals surface area contributed by atoms with Crippen LogP contribution in [0.15, 0.2) is 0 Å². The molecule has 0 aromatic heterocycles. The van der Waals surface area contributed by atoms with Crippen LogP contribution >= 0.6 is 0 Å². The lowest BCUT2D eigenvalue weighted by Gasteiger charge is -2.31. The number of hydroxylamine groups is 2. The van der Waals surface area contributed by atoms with Gasteiger partial charge in [0.15, 0.2) is 0 Å². The third kappa shape index (κ3) is 16.1. The van der Waals surface area contributed by atoms with Gasteiger partial charge in [-0.05, 0) is 11.8 Å². The first kappa shape index (κ1) is 32.4. The summed E-state index contributed by atoms with van der Waals surface area (Å²) in [7, 11) is 1.54. The van der Waals surface area contributed by atoms with Crippen LogP contribution in [-0.4, -0.2) is 48.1 Å². The molecule has 34 heavy (non-hydrogen) atoms. The Morgan fingerprint density at radius 3 is 1.65 bits per heavy atom. The predicted octanol–water partition coefficient (Wildman–Crippen LogP) is 5.60. The van der Waals surface area contributed by atoms with Crippen LogP contribution < -0.4 is 10.6 Å². The molecule has 7 heteroatoms. The number of rotatable bonds is 21. The highest BCUT2D eigenvalue weighted by molar-refractivity contribution is 5.89. The molecule has 3 N–H and O–H groups in total. The Bertz CT molecular complexity index is 548. The molecule has 2 atom stereocenters. The van der Waals surface area contributed by atoms with Gasteiger partial charge in [-0.3, -0.25) is 19.6 Å². The van der Waals surface area contributed by atoms with Crippen molar-refractivity contribution in [2.45, 2.75) is 130 Å². The van der Waals surface area contributed by atoms with Crippen molar-refractivity contribution in [3.8, 4) is 0 Å². The van der Waals surface area contributed by atoms with Crippen LogP contribution in [0.3, 0.4) is 0 Å². The Morgan fingerprint density at radius 1 is 0.824 bits per heavy atom. The number of unbranched alkanes of at least 4 members (excludes halogenated alkanes) is 13. The second-order valence-corrected chi connectivity index (χ2v) is 10.7. The number of likely N-dealkylation sites (N-methyl/N-ethyl adjacent to an activating group) is 1. The van der Waals surface area contributed by atoms with E-state index in [1.54, 1.807) is 7.05 Å². The van der Waals surface area contributed by atoms with Crippen molar-refractivity contribution >= 4 is 18.2 Å². The van der Waals surface area contributed by atoms with Gasteiger partial charge in [0.05, 0.1) is 12.5 Å². The second kappa shape index (κ2) is 19.7. The molecule has 0 heterocycles. The highest BCUT2D eigenvalue weighted by atomic mass is 16.5. The third-order valence-corrected chi connectivity index (χ3v) is 6.47. The molecule has 0 saturated heterocycles. The van der Waals surface area contributed by atoms with E-state index < -0.39 is 17.4 Å². The van der Waals surface area contributed by atoms with Crippen LogP contribution in [-0.2, 0) is 14.4 Å². The van der Waals surface area contributed by atoms with Crippen molar-refractivity contribution < 1.29 is 19.6 Å². The zero-order valence-corrected chi connectivity index (χ0v) is 22.7. The zero-order chi connectivity index (χ0) is 25.8. The summed E-state index contributed by atoms with van der Waals surface area (Å²) in [5.74, 6) is -1.12. The van der Waals surface area contributed by atoms with Crippen molar-refractivity contribution in [3.05, 3.63) is 0 Å². The molecule has 0 saturated carbocycles. The molecule has 0 rings (SSSR count). The Morgan fingerprint density at radius 2 is 1.26 bits per heavy atom. The van der Waals surface area contributed by atoms with E-state index in [2.05, 4.69) is 17.6 Å². The van der Waals surface area contributed by atoms with Crippen LogP contribution in [0.1, 0.15) is 124 Å². The SMILES string of the molecule is CCCCCCCCCCCCCCCCC(CN(O)C=O)C(=O)N[C@H](C(=O)NC)C(C)(C)C. The number of hydrogen-bond donors (Lipinski definition) is 3. The summed E-state index contributed by atoms with van der Waals surface area (Å²) >= 11 is 0. The molecule has 0 spiro atoms. The van der Waals surface area contributed by atoms with E-state index in [0.717, 1.165) is 19.3 Å². The van der Waals surface area contributed by atoms with Crippen LogP contribution in [0.4, 0.5) is 0 Å². The Balaban J connectivity index is 4.25. The minimum absolute atomic E-state index is 0.0710. The average molecular weight is 484 g/mol. The molecule has 3 amide bonds. The third-order valence-electron chi connectivity index (χ3n) is 6.47. The summed E-state index contributed by atoms with van der Waals surface area (Å²) in [4.78, 5) is 36.0. The minimum atomic E-state index is -0.688. The first-order valence-corrected chi connectivity index (χ1v) is 13.6. The highest BCUT2D eigenvalue weighted by Gasteiger charge is 2.34. The van der Waals surface area contributed by atoms with Crippen molar-refractivity contribution in [1.82, 2.24) is 15.7 Å². The topological polar surface area (TPSA) is 98.7 Å². The summed E-state index contributed by atoms with van der Waals surface area (Å²) < 4.78 is 0. The predicted molar refractivity (Wildman–Crippen MR) is 138 cm³/mol. The van der Waals surface area contributed by atoms with Crippen molar-refractivity contribution in [1.29, 1.82) is 0 Å². The van der Waals surface area contributed by atoms with Crippen molar-refractivity contribution in [2.75, 3.05) is 13.6 Å². The van der Waals surface area contributed by atoms with Crippen LogP contribution in [0.25, 0.3) is 0 Å². The fourth-order valence-corrected chi connectivity index (χ4v) is 4.24. The standard InChI is InChI=1S/C27H53N3O4/c1-6-7-8-9-10-11-12-13-14-15-16-17-18-19-20-23(21-30(34)22-31)25(32)29-24(26(33)28-5)27(2,3)4/h22-24,34H,6-21H2,1-5H3,(H,28,33)(H,29,32)/t23?,24-/m1/s1. The second-order valence-electron chi connectivity index (χ2n) is 10.7. The van der Waals surface area contributed by atoms with Gasteiger partial charge in [0.1, 0.15) is 6.04 Å². The van der Waals surface area contributed by atoms with Gasteiger partial charge in [-0.25, -0.2) is 5.06 Å². The van der Waals surface area contributed by atoms with Crippen molar-refractivity contribution in [3.63, 3.8) is 0 Å². The molecule has 0 aromatic rings. The van der Waals surface area contributed by atoms with Gasteiger partial charge in [-0.15, -0.1) is 0 Å². The molecule has 1 unspecified atom stereocenters. The van der Waals surface area contributed by atoms with E-state index in [-0.39, 0.29) is 18.4 Å². The molecule has 7 nitrogen and oxygen atoms in total. The lowest BCUT2D eigenvalue weighted by atomic mass is 9.85. The van der Waals surface area contributed by atoms with E-state index in [9.17, 15) is 19.6 Å². The lowest BCUT2D eigenvalue weighted by Crippen LogP contribution is -2.54. The molecule has 0 fully saturated rings. The minimum Gasteiger partial charge on any atom is -0.357 e. The first-order valence-electron chi connectivity index (χ1n) is 13.6. The molecule has 0 aliphatic heterocycles. The lowest BCUT2D eigenvalue weighted by molar-refractivity contribution is -0.155. The van der Waals surface area contributed by atoms with Gasteiger partial charge in [0.2, 0.25) is 18.2 Å². The number of nitrogens with one attached hydrogen (secondary N) is 2. The van der Waals surface area contributed by atoms with Gasteiger partial charge in [0, 0.05) is 7.05 Å². The van der Waals surface area contributed by atoms with Gasteiger partial charge in [-0.2, -0.15) is 0 Å². The number of hydrogen-bond acceptors (Lipinski definition) is 4. The van der Waals surface area contributed by atoms with Gasteiger partial charge in [0.25, 0.3) is 0 Å². The number of amides is 3. The molecular formula is C27H53N3O4. The smallest absolute Gasteiger partial charge is 0.242 e.